The van der Waals surface area contributed by atoms with E-state index in [9.17, 15) is 4.79 Å². The van der Waals surface area contributed by atoms with Gasteiger partial charge in [0.1, 0.15) is 22.8 Å². The van der Waals surface area contributed by atoms with E-state index in [-0.39, 0.29) is 12.4 Å². The highest BCUT2D eigenvalue weighted by atomic mass is 16.5. The van der Waals surface area contributed by atoms with Gasteiger partial charge in [-0.3, -0.25) is 4.79 Å². The highest BCUT2D eigenvalue weighted by Crippen LogP contribution is 2.22. The molecular formula is C19H19NO5. The summed E-state index contributed by atoms with van der Waals surface area (Å²) in [6.45, 7) is 2.20. The average Bonchev–Trinajstić information content (AvgIpc) is 2.98. The number of carbonyl (C=O) groups is 1. The highest BCUT2D eigenvalue weighted by Gasteiger charge is 2.08. The smallest absolute Gasteiger partial charge is 0.311 e. The van der Waals surface area contributed by atoms with Crippen LogP contribution in [0.1, 0.15) is 18.7 Å². The number of carbonyl (C=O) groups excluding carboxylic acids is 1. The van der Waals surface area contributed by atoms with Crippen molar-refractivity contribution >= 4 is 17.1 Å². The van der Waals surface area contributed by atoms with E-state index < -0.39 is 0 Å². The Kier molecular flexibility index (Phi) is 5.18. The van der Waals surface area contributed by atoms with Crippen LogP contribution in [0.2, 0.25) is 0 Å². The number of hydrogen-bond donors (Lipinski definition) is 0. The first-order valence-electron chi connectivity index (χ1n) is 7.99. The lowest BCUT2D eigenvalue weighted by molar-refractivity contribution is -0.134. The van der Waals surface area contributed by atoms with Gasteiger partial charge in [-0.1, -0.05) is 0 Å². The van der Waals surface area contributed by atoms with Crippen LogP contribution in [0, 0.1) is 6.92 Å². The second kappa shape index (κ2) is 7.70. The Labute approximate surface area is 145 Å². The van der Waals surface area contributed by atoms with Crippen molar-refractivity contribution in [2.24, 2.45) is 0 Å². The topological polar surface area (TPSA) is 70.8 Å². The second-order valence-electron chi connectivity index (χ2n) is 5.46. The lowest BCUT2D eigenvalue weighted by Crippen LogP contribution is -2.09. The van der Waals surface area contributed by atoms with E-state index in [2.05, 4.69) is 4.98 Å². The molecule has 0 aliphatic heterocycles. The molecule has 0 N–H and O–H groups in total. The summed E-state index contributed by atoms with van der Waals surface area (Å²) in [5.74, 6) is 2.22. The molecule has 0 radical (unpaired) electrons. The lowest BCUT2D eigenvalue weighted by Gasteiger charge is -2.07. The number of rotatable bonds is 7. The SMILES string of the molecule is COc1ccc(OCCCC(=O)Oc2ccc3nc(C)oc3c2)cc1. The molecule has 0 saturated carbocycles. The molecule has 0 amide bonds. The van der Waals surface area contributed by atoms with Gasteiger partial charge in [-0.25, -0.2) is 4.98 Å². The quantitative estimate of drug-likeness (QED) is 0.369. The van der Waals surface area contributed by atoms with E-state index >= 15 is 0 Å². The van der Waals surface area contributed by atoms with Crippen molar-refractivity contribution in [3.8, 4) is 17.2 Å². The van der Waals surface area contributed by atoms with Gasteiger partial charge < -0.3 is 18.6 Å². The number of benzene rings is 2. The maximum Gasteiger partial charge on any atom is 0.311 e. The van der Waals surface area contributed by atoms with Gasteiger partial charge in [-0.2, -0.15) is 0 Å². The summed E-state index contributed by atoms with van der Waals surface area (Å²) < 4.78 is 21.4. The van der Waals surface area contributed by atoms with Gasteiger partial charge in [0.25, 0.3) is 0 Å². The van der Waals surface area contributed by atoms with Crippen molar-refractivity contribution in [2.45, 2.75) is 19.8 Å². The molecule has 3 rings (SSSR count). The van der Waals surface area contributed by atoms with Gasteiger partial charge in [0.05, 0.1) is 13.7 Å². The van der Waals surface area contributed by atoms with Crippen LogP contribution in [0.3, 0.4) is 0 Å². The molecule has 0 spiro atoms. The van der Waals surface area contributed by atoms with Crippen LogP contribution in [0.15, 0.2) is 46.9 Å². The van der Waals surface area contributed by atoms with E-state index in [4.69, 9.17) is 18.6 Å². The van der Waals surface area contributed by atoms with E-state index in [0.29, 0.717) is 30.3 Å². The van der Waals surface area contributed by atoms with Crippen LogP contribution in [-0.4, -0.2) is 24.7 Å². The van der Waals surface area contributed by atoms with E-state index in [1.54, 1.807) is 32.2 Å². The molecule has 0 atom stereocenters. The zero-order chi connectivity index (χ0) is 17.6. The van der Waals surface area contributed by atoms with Crippen LogP contribution in [0.25, 0.3) is 11.1 Å². The Balaban J connectivity index is 1.43. The Morgan fingerprint density at radius 1 is 1.08 bits per heavy atom. The first kappa shape index (κ1) is 16.8. The van der Waals surface area contributed by atoms with Crippen LogP contribution >= 0.6 is 0 Å². The Morgan fingerprint density at radius 3 is 2.56 bits per heavy atom. The number of aromatic nitrogens is 1. The second-order valence-corrected chi connectivity index (χ2v) is 5.46. The number of aryl methyl sites for hydroxylation is 1. The number of esters is 1. The number of hydrogen-bond acceptors (Lipinski definition) is 6. The highest BCUT2D eigenvalue weighted by molar-refractivity contribution is 5.77. The minimum atomic E-state index is -0.311. The van der Waals surface area contributed by atoms with Gasteiger partial charge in [-0.15, -0.1) is 0 Å². The Hall–Kier alpha value is -3.02. The van der Waals surface area contributed by atoms with Crippen LogP contribution in [-0.2, 0) is 4.79 Å². The fourth-order valence-electron chi connectivity index (χ4n) is 2.34. The minimum Gasteiger partial charge on any atom is -0.497 e. The fourth-order valence-corrected chi connectivity index (χ4v) is 2.34. The zero-order valence-corrected chi connectivity index (χ0v) is 14.2. The molecule has 0 saturated heterocycles. The van der Waals surface area contributed by atoms with E-state index in [1.807, 2.05) is 24.3 Å². The van der Waals surface area contributed by atoms with Crippen molar-refractivity contribution in [1.29, 1.82) is 0 Å². The Morgan fingerprint density at radius 2 is 1.80 bits per heavy atom. The summed E-state index contributed by atoms with van der Waals surface area (Å²) in [6.07, 6.45) is 0.831. The first-order valence-corrected chi connectivity index (χ1v) is 7.99. The minimum absolute atomic E-state index is 0.267. The van der Waals surface area contributed by atoms with Crippen molar-refractivity contribution in [3.05, 3.63) is 48.4 Å². The first-order chi connectivity index (χ1) is 12.1. The third kappa shape index (κ3) is 4.50. The molecule has 1 aromatic heterocycles. The predicted molar refractivity (Wildman–Crippen MR) is 92.1 cm³/mol. The van der Waals surface area contributed by atoms with E-state index in [0.717, 1.165) is 17.0 Å². The Bertz CT molecular complexity index is 854. The molecule has 0 aliphatic carbocycles. The molecule has 3 aromatic rings. The lowest BCUT2D eigenvalue weighted by atomic mass is 10.3. The molecule has 2 aromatic carbocycles. The number of fused-ring (bicyclic) bond motifs is 1. The summed E-state index contributed by atoms with van der Waals surface area (Å²) in [4.78, 5) is 16.1. The van der Waals surface area contributed by atoms with Crippen LogP contribution in [0.4, 0.5) is 0 Å². The maximum atomic E-state index is 11.9. The van der Waals surface area contributed by atoms with Gasteiger partial charge in [0.15, 0.2) is 11.5 Å². The van der Waals surface area contributed by atoms with Gasteiger partial charge >= 0.3 is 5.97 Å². The van der Waals surface area contributed by atoms with E-state index in [1.165, 1.54) is 0 Å². The van der Waals surface area contributed by atoms with Gasteiger partial charge in [-0.05, 0) is 42.8 Å². The third-order valence-corrected chi connectivity index (χ3v) is 3.55. The van der Waals surface area contributed by atoms with Gasteiger partial charge in [0.2, 0.25) is 0 Å². The standard InChI is InChI=1S/C19H19NO5/c1-13-20-17-10-9-16(12-18(17)24-13)25-19(21)4-3-11-23-15-7-5-14(22-2)6-8-15/h5-10,12H,3-4,11H2,1-2H3. The average molecular weight is 341 g/mol. The summed E-state index contributed by atoms with van der Waals surface area (Å²) in [6, 6.07) is 12.4. The molecule has 130 valence electrons. The molecule has 0 fully saturated rings. The predicted octanol–water partition coefficient (Wildman–Crippen LogP) is 3.91. The normalized spacial score (nSPS) is 10.6. The zero-order valence-electron chi connectivity index (χ0n) is 14.2. The van der Waals surface area contributed by atoms with Crippen LogP contribution in [0.5, 0.6) is 17.2 Å². The largest absolute Gasteiger partial charge is 0.497 e. The van der Waals surface area contributed by atoms with Gasteiger partial charge in [0, 0.05) is 19.4 Å². The molecule has 0 unspecified atom stereocenters. The number of nitrogens with zero attached hydrogens (tertiary/aromatic N) is 1. The summed E-state index contributed by atoms with van der Waals surface area (Å²) >= 11 is 0. The molecule has 0 aliphatic rings. The van der Waals surface area contributed by atoms with Crippen molar-refractivity contribution in [1.82, 2.24) is 4.98 Å². The third-order valence-electron chi connectivity index (χ3n) is 3.55. The summed E-state index contributed by atoms with van der Waals surface area (Å²) in [5, 5.41) is 0. The van der Waals surface area contributed by atoms with Crippen molar-refractivity contribution in [3.63, 3.8) is 0 Å². The molecule has 6 heteroatoms. The maximum absolute atomic E-state index is 11.9. The summed E-state index contributed by atoms with van der Waals surface area (Å²) in [5.41, 5.74) is 1.34. The number of ether oxygens (including phenoxy) is 3. The summed E-state index contributed by atoms with van der Waals surface area (Å²) in [7, 11) is 1.61. The monoisotopic (exact) mass is 341 g/mol. The molecule has 1 heterocycles. The van der Waals surface area contributed by atoms with Crippen molar-refractivity contribution < 1.29 is 23.4 Å². The molecular weight excluding hydrogens is 322 g/mol. The fraction of sp³-hybridized carbons (Fsp3) is 0.263. The molecule has 25 heavy (non-hydrogen) atoms. The number of methoxy groups -OCH3 is 1. The molecule has 6 nitrogen and oxygen atoms in total. The van der Waals surface area contributed by atoms with Crippen LogP contribution < -0.4 is 14.2 Å². The van der Waals surface area contributed by atoms with Crippen molar-refractivity contribution in [2.75, 3.05) is 13.7 Å². The number of oxazole rings is 1. The molecule has 0 bridgehead atoms.